The summed E-state index contributed by atoms with van der Waals surface area (Å²) in [5.41, 5.74) is 0.639. The fraction of sp³-hybridized carbons (Fsp3) is 0.550. The molecule has 1 N–H and O–H groups in total. The number of aliphatic hydroxyl groups is 1. The van der Waals surface area contributed by atoms with Crippen molar-refractivity contribution in [1.29, 1.82) is 0 Å². The Morgan fingerprint density at radius 2 is 2.08 bits per heavy atom. The molecule has 4 heteroatoms. The van der Waals surface area contributed by atoms with E-state index in [0.717, 1.165) is 24.8 Å². The minimum Gasteiger partial charge on any atom is -0.391 e. The highest BCUT2D eigenvalue weighted by molar-refractivity contribution is 6.30. The molecule has 0 aliphatic carbocycles. The van der Waals surface area contributed by atoms with Gasteiger partial charge in [-0.2, -0.15) is 0 Å². The van der Waals surface area contributed by atoms with E-state index in [1.54, 1.807) is 6.92 Å². The van der Waals surface area contributed by atoms with Crippen LogP contribution in [0.4, 0.5) is 0 Å². The molecule has 132 valence electrons. The second kappa shape index (κ2) is 7.71. The number of amides is 1. The number of likely N-dealkylation sites (tertiary alicyclic amines) is 1. The lowest BCUT2D eigenvalue weighted by Crippen LogP contribution is -2.55. The van der Waals surface area contributed by atoms with Gasteiger partial charge in [-0.1, -0.05) is 43.7 Å². The number of allylic oxidation sites excluding steroid dienone is 1. The Hall–Kier alpha value is -1.32. The molecule has 1 aliphatic rings. The number of hydrogen-bond donors (Lipinski definition) is 1. The van der Waals surface area contributed by atoms with Gasteiger partial charge >= 0.3 is 0 Å². The standard InChI is InChI=1S/C20H28ClNO2/c1-5-12-20(4)13-11-18(15-7-9-16(21)10-8-15)22(19(20)24)17(6-2)14(3)23/h5,7-10,14,17-18,23H,1,6,11-13H2,2-4H3/t14?,17?,18?,20-/m0/s1. The maximum Gasteiger partial charge on any atom is 0.229 e. The van der Waals surface area contributed by atoms with Crippen molar-refractivity contribution < 1.29 is 9.90 Å². The summed E-state index contributed by atoms with van der Waals surface area (Å²) >= 11 is 6.01. The largest absolute Gasteiger partial charge is 0.391 e. The van der Waals surface area contributed by atoms with Crippen LogP contribution in [0, 0.1) is 5.41 Å². The molecule has 0 saturated carbocycles. The Morgan fingerprint density at radius 3 is 2.58 bits per heavy atom. The van der Waals surface area contributed by atoms with Crippen molar-refractivity contribution in [2.75, 3.05) is 0 Å². The Morgan fingerprint density at radius 1 is 1.46 bits per heavy atom. The topological polar surface area (TPSA) is 40.5 Å². The number of halogens is 1. The van der Waals surface area contributed by atoms with Gasteiger partial charge in [-0.15, -0.1) is 6.58 Å². The zero-order valence-corrected chi connectivity index (χ0v) is 15.6. The highest BCUT2D eigenvalue weighted by Crippen LogP contribution is 2.44. The van der Waals surface area contributed by atoms with E-state index in [1.165, 1.54) is 0 Å². The van der Waals surface area contributed by atoms with Gasteiger partial charge in [-0.3, -0.25) is 4.79 Å². The van der Waals surface area contributed by atoms with Crippen molar-refractivity contribution in [3.8, 4) is 0 Å². The zero-order chi connectivity index (χ0) is 17.9. The SMILES string of the molecule is C=CC[C@@]1(C)CCC(c2ccc(Cl)cc2)N(C(CC)C(C)O)C1=O. The quantitative estimate of drug-likeness (QED) is 0.753. The first kappa shape index (κ1) is 19.0. The van der Waals surface area contributed by atoms with Crippen LogP contribution in [0.1, 0.15) is 58.1 Å². The number of aliphatic hydroxyl groups excluding tert-OH is 1. The summed E-state index contributed by atoms with van der Waals surface area (Å²) in [4.78, 5) is 15.3. The van der Waals surface area contributed by atoms with Crippen LogP contribution in [0.3, 0.4) is 0 Å². The van der Waals surface area contributed by atoms with Gasteiger partial charge in [0.25, 0.3) is 0 Å². The summed E-state index contributed by atoms with van der Waals surface area (Å²) in [6, 6.07) is 7.48. The Bertz CT molecular complexity index is 584. The molecule has 0 radical (unpaired) electrons. The fourth-order valence-electron chi connectivity index (χ4n) is 3.83. The number of carbonyl (C=O) groups is 1. The van der Waals surface area contributed by atoms with Gasteiger partial charge in [-0.05, 0) is 50.3 Å². The third-order valence-electron chi connectivity index (χ3n) is 5.24. The highest BCUT2D eigenvalue weighted by Gasteiger charge is 2.46. The van der Waals surface area contributed by atoms with Crippen LogP contribution in [-0.4, -0.2) is 28.1 Å². The van der Waals surface area contributed by atoms with E-state index < -0.39 is 11.5 Å². The number of benzene rings is 1. The number of hydrogen-bond acceptors (Lipinski definition) is 2. The van der Waals surface area contributed by atoms with Crippen LogP contribution in [0.2, 0.25) is 5.02 Å². The first-order chi connectivity index (χ1) is 11.3. The second-order valence-corrected chi connectivity index (χ2v) is 7.52. The van der Waals surface area contributed by atoms with E-state index in [0.29, 0.717) is 11.4 Å². The lowest BCUT2D eigenvalue weighted by molar-refractivity contribution is -0.156. The lowest BCUT2D eigenvalue weighted by Gasteiger charge is -2.48. The summed E-state index contributed by atoms with van der Waals surface area (Å²) in [5, 5.41) is 10.9. The van der Waals surface area contributed by atoms with Crippen LogP contribution in [0.15, 0.2) is 36.9 Å². The molecule has 1 aromatic rings. The minimum atomic E-state index is -0.570. The van der Waals surface area contributed by atoms with E-state index >= 15 is 0 Å². The monoisotopic (exact) mass is 349 g/mol. The molecule has 4 atom stereocenters. The van der Waals surface area contributed by atoms with Crippen LogP contribution >= 0.6 is 11.6 Å². The minimum absolute atomic E-state index is 0.0211. The molecule has 2 rings (SSSR count). The molecule has 24 heavy (non-hydrogen) atoms. The van der Waals surface area contributed by atoms with Crippen molar-refractivity contribution in [1.82, 2.24) is 4.90 Å². The molecule has 0 spiro atoms. The van der Waals surface area contributed by atoms with Crippen molar-refractivity contribution in [3.05, 3.63) is 47.5 Å². The van der Waals surface area contributed by atoms with Crippen LogP contribution < -0.4 is 0 Å². The molecule has 0 bridgehead atoms. The average molecular weight is 350 g/mol. The molecule has 0 aromatic heterocycles. The molecule has 3 nitrogen and oxygen atoms in total. The third-order valence-corrected chi connectivity index (χ3v) is 5.49. The van der Waals surface area contributed by atoms with Crippen molar-refractivity contribution >= 4 is 17.5 Å². The molecule has 1 aromatic carbocycles. The summed E-state index contributed by atoms with van der Waals surface area (Å²) in [6.45, 7) is 9.60. The second-order valence-electron chi connectivity index (χ2n) is 7.09. The normalized spacial score (nSPS) is 27.0. The number of carbonyl (C=O) groups excluding carboxylic acids is 1. The van der Waals surface area contributed by atoms with Crippen molar-refractivity contribution in [2.45, 2.75) is 64.6 Å². The van der Waals surface area contributed by atoms with Gasteiger partial charge in [-0.25, -0.2) is 0 Å². The summed E-state index contributed by atoms with van der Waals surface area (Å²) in [7, 11) is 0. The van der Waals surface area contributed by atoms with Crippen molar-refractivity contribution in [3.63, 3.8) is 0 Å². The van der Waals surface area contributed by atoms with Gasteiger partial charge in [0, 0.05) is 5.02 Å². The van der Waals surface area contributed by atoms with E-state index in [1.807, 2.05) is 49.1 Å². The van der Waals surface area contributed by atoms with Gasteiger partial charge in [0.15, 0.2) is 0 Å². The molecule has 1 amide bonds. The van der Waals surface area contributed by atoms with Crippen LogP contribution in [0.5, 0.6) is 0 Å². The van der Waals surface area contributed by atoms with Gasteiger partial charge in [0.1, 0.15) is 0 Å². The molecule has 1 fully saturated rings. The van der Waals surface area contributed by atoms with E-state index in [-0.39, 0.29) is 18.0 Å². The van der Waals surface area contributed by atoms with Crippen molar-refractivity contribution in [2.24, 2.45) is 5.41 Å². The molecular formula is C20H28ClNO2. The number of rotatable bonds is 6. The fourth-order valence-corrected chi connectivity index (χ4v) is 3.95. The predicted molar refractivity (Wildman–Crippen MR) is 99.0 cm³/mol. The van der Waals surface area contributed by atoms with Gasteiger partial charge in [0.2, 0.25) is 5.91 Å². The van der Waals surface area contributed by atoms with Gasteiger partial charge < -0.3 is 10.0 Å². The average Bonchev–Trinajstić information content (AvgIpc) is 2.53. The van der Waals surface area contributed by atoms with Crippen LogP contribution in [0.25, 0.3) is 0 Å². The van der Waals surface area contributed by atoms with E-state index in [9.17, 15) is 9.90 Å². The highest BCUT2D eigenvalue weighted by atomic mass is 35.5. The Balaban J connectivity index is 2.44. The van der Waals surface area contributed by atoms with Crippen LogP contribution in [-0.2, 0) is 4.79 Å². The lowest BCUT2D eigenvalue weighted by atomic mass is 9.74. The van der Waals surface area contributed by atoms with E-state index in [2.05, 4.69) is 6.58 Å². The molecular weight excluding hydrogens is 322 g/mol. The maximum atomic E-state index is 13.3. The Kier molecular flexibility index (Phi) is 6.11. The first-order valence-electron chi connectivity index (χ1n) is 8.71. The maximum absolute atomic E-state index is 13.3. The summed E-state index contributed by atoms with van der Waals surface area (Å²) in [6.07, 6.45) is 4.32. The smallest absolute Gasteiger partial charge is 0.229 e. The summed E-state index contributed by atoms with van der Waals surface area (Å²) < 4.78 is 0. The summed E-state index contributed by atoms with van der Waals surface area (Å²) in [5.74, 6) is 0.112. The predicted octanol–water partition coefficient (Wildman–Crippen LogP) is 4.75. The zero-order valence-electron chi connectivity index (χ0n) is 14.8. The number of nitrogens with zero attached hydrogens (tertiary/aromatic N) is 1. The molecule has 1 heterocycles. The Labute approximate surface area is 150 Å². The molecule has 1 saturated heterocycles. The van der Waals surface area contributed by atoms with Gasteiger partial charge in [0.05, 0.1) is 23.6 Å². The molecule has 1 aliphatic heterocycles. The third kappa shape index (κ3) is 3.68. The van der Waals surface area contributed by atoms with E-state index in [4.69, 9.17) is 11.6 Å². The molecule has 3 unspecified atom stereocenters. The number of piperidine rings is 1. The first-order valence-corrected chi connectivity index (χ1v) is 9.09.